The molecule has 3 heterocycles. The minimum absolute atomic E-state index is 0.00620. The highest BCUT2D eigenvalue weighted by Crippen LogP contribution is 2.30. The Labute approximate surface area is 213 Å². The van der Waals surface area contributed by atoms with Gasteiger partial charge < -0.3 is 9.47 Å². The Bertz CT molecular complexity index is 1670. The minimum Gasteiger partial charge on any atom is -0.497 e. The van der Waals surface area contributed by atoms with Crippen LogP contribution in [0.25, 0.3) is 16.6 Å². The molecule has 0 bridgehead atoms. The zero-order valence-electron chi connectivity index (χ0n) is 21.1. The van der Waals surface area contributed by atoms with E-state index in [0.717, 1.165) is 16.5 Å². The number of benzene rings is 2. The fraction of sp³-hybridized carbons (Fsp3) is 0.172. The molecule has 8 nitrogen and oxygen atoms in total. The molecule has 186 valence electrons. The van der Waals surface area contributed by atoms with E-state index in [4.69, 9.17) is 9.47 Å². The molecule has 3 aromatic heterocycles. The maximum atomic E-state index is 13.2. The van der Waals surface area contributed by atoms with Crippen molar-refractivity contribution in [1.82, 2.24) is 19.3 Å². The van der Waals surface area contributed by atoms with Crippen LogP contribution in [0.15, 0.2) is 77.9 Å². The molecule has 0 amide bonds. The second-order valence-corrected chi connectivity index (χ2v) is 8.82. The number of hydrogen-bond donors (Lipinski definition) is 0. The summed E-state index contributed by atoms with van der Waals surface area (Å²) >= 11 is 0. The summed E-state index contributed by atoms with van der Waals surface area (Å²) in [5, 5.41) is 0.840. The van der Waals surface area contributed by atoms with E-state index in [-0.39, 0.29) is 23.3 Å². The van der Waals surface area contributed by atoms with E-state index in [2.05, 4.69) is 9.97 Å². The Hall–Kier alpha value is -4.72. The summed E-state index contributed by atoms with van der Waals surface area (Å²) in [6.45, 7) is 3.76. The standard InChI is InChI=1S/C29H26N4O4/c1-18-5-8-21(9-6-18)33-29(35)28(19(2)32(33)3)26(34)15-20-7-10-23(17-31-20)37-27-13-14-30-25-16-22(36-4)11-12-24(25)27/h5-14,16-17H,15H2,1-4H3. The summed E-state index contributed by atoms with van der Waals surface area (Å²) in [6, 6.07) is 18.5. The Balaban J connectivity index is 1.35. The van der Waals surface area contributed by atoms with Crippen LogP contribution in [0.2, 0.25) is 0 Å². The first-order valence-corrected chi connectivity index (χ1v) is 11.8. The molecular weight excluding hydrogens is 468 g/mol. The molecule has 5 rings (SSSR count). The van der Waals surface area contributed by atoms with Gasteiger partial charge in [-0.05, 0) is 56.3 Å². The molecule has 8 heteroatoms. The predicted molar refractivity (Wildman–Crippen MR) is 141 cm³/mol. The zero-order valence-corrected chi connectivity index (χ0v) is 21.1. The van der Waals surface area contributed by atoms with Crippen molar-refractivity contribution in [1.29, 1.82) is 0 Å². The largest absolute Gasteiger partial charge is 0.497 e. The lowest BCUT2D eigenvalue weighted by molar-refractivity contribution is 0.0990. The minimum atomic E-state index is -0.338. The van der Waals surface area contributed by atoms with Crippen LogP contribution in [0.4, 0.5) is 0 Å². The Morgan fingerprint density at radius 3 is 2.41 bits per heavy atom. The van der Waals surface area contributed by atoms with E-state index in [1.165, 1.54) is 4.68 Å². The van der Waals surface area contributed by atoms with Crippen molar-refractivity contribution in [3.8, 4) is 22.9 Å². The van der Waals surface area contributed by atoms with Crippen LogP contribution in [0.5, 0.6) is 17.2 Å². The third-order valence-corrected chi connectivity index (χ3v) is 6.39. The summed E-state index contributed by atoms with van der Waals surface area (Å²) in [4.78, 5) is 35.1. The fourth-order valence-electron chi connectivity index (χ4n) is 4.28. The van der Waals surface area contributed by atoms with Crippen LogP contribution >= 0.6 is 0 Å². The summed E-state index contributed by atoms with van der Waals surface area (Å²) in [5.41, 5.74) is 3.54. The maximum Gasteiger partial charge on any atom is 0.282 e. The van der Waals surface area contributed by atoms with Crippen molar-refractivity contribution in [2.24, 2.45) is 7.05 Å². The molecule has 0 aliphatic rings. The number of Topliss-reactive ketones (excluding diaryl/α,β-unsaturated/α-hetero) is 1. The van der Waals surface area contributed by atoms with Crippen LogP contribution < -0.4 is 15.0 Å². The van der Waals surface area contributed by atoms with Gasteiger partial charge in [-0.3, -0.25) is 24.2 Å². The van der Waals surface area contributed by atoms with E-state index in [1.54, 1.807) is 56.4 Å². The van der Waals surface area contributed by atoms with Crippen molar-refractivity contribution < 1.29 is 14.3 Å². The molecule has 0 aliphatic carbocycles. The number of rotatable bonds is 7. The lowest BCUT2D eigenvalue weighted by Crippen LogP contribution is -2.23. The van der Waals surface area contributed by atoms with Gasteiger partial charge in [0.05, 0.1) is 30.9 Å². The van der Waals surface area contributed by atoms with Crippen molar-refractivity contribution in [2.75, 3.05) is 7.11 Å². The number of carbonyl (C=O) groups excluding carboxylic acids is 1. The lowest BCUT2D eigenvalue weighted by atomic mass is 10.1. The zero-order chi connectivity index (χ0) is 26.1. The van der Waals surface area contributed by atoms with Crippen LogP contribution in [-0.4, -0.2) is 32.2 Å². The summed E-state index contributed by atoms with van der Waals surface area (Å²) in [5.74, 6) is 1.60. The van der Waals surface area contributed by atoms with Gasteiger partial charge in [0.1, 0.15) is 22.8 Å². The van der Waals surface area contributed by atoms with Gasteiger partial charge in [0.2, 0.25) is 0 Å². The van der Waals surface area contributed by atoms with Crippen molar-refractivity contribution in [3.05, 3.63) is 106 Å². The van der Waals surface area contributed by atoms with E-state index in [9.17, 15) is 9.59 Å². The van der Waals surface area contributed by atoms with Gasteiger partial charge in [0.15, 0.2) is 5.78 Å². The Morgan fingerprint density at radius 2 is 1.70 bits per heavy atom. The number of carbonyl (C=O) groups is 1. The number of aromatic nitrogens is 4. The number of methoxy groups -OCH3 is 1. The molecule has 0 aliphatic heterocycles. The summed E-state index contributed by atoms with van der Waals surface area (Å²) in [7, 11) is 3.38. The van der Waals surface area contributed by atoms with Crippen LogP contribution in [0, 0.1) is 13.8 Å². The quantitative estimate of drug-likeness (QED) is 0.297. The third-order valence-electron chi connectivity index (χ3n) is 6.39. The molecule has 0 saturated heterocycles. The van der Waals surface area contributed by atoms with E-state index in [0.29, 0.717) is 34.3 Å². The average Bonchev–Trinajstić information content (AvgIpc) is 3.13. The second-order valence-electron chi connectivity index (χ2n) is 8.82. The molecule has 0 atom stereocenters. The van der Waals surface area contributed by atoms with E-state index < -0.39 is 0 Å². The molecule has 5 aromatic rings. The lowest BCUT2D eigenvalue weighted by Gasteiger charge is -2.09. The summed E-state index contributed by atoms with van der Waals surface area (Å²) in [6.07, 6.45) is 3.25. The smallest absolute Gasteiger partial charge is 0.282 e. The van der Waals surface area contributed by atoms with Crippen LogP contribution in [0.1, 0.15) is 27.3 Å². The number of aryl methyl sites for hydroxylation is 1. The predicted octanol–water partition coefficient (Wildman–Crippen LogP) is 4.96. The molecule has 0 saturated carbocycles. The average molecular weight is 495 g/mol. The first kappa shape index (κ1) is 24.0. The number of hydrogen-bond acceptors (Lipinski definition) is 6. The molecule has 0 fully saturated rings. The molecule has 0 radical (unpaired) electrons. The SMILES string of the molecule is COc1ccc2c(Oc3ccc(CC(=O)c4c(C)n(C)n(-c5ccc(C)cc5)c4=O)nc3)ccnc2c1. The molecule has 0 spiro atoms. The van der Waals surface area contributed by atoms with Crippen molar-refractivity contribution in [2.45, 2.75) is 20.3 Å². The molecule has 0 unspecified atom stereocenters. The highest BCUT2D eigenvalue weighted by atomic mass is 16.5. The molecular formula is C29H26N4O4. The molecule has 0 N–H and O–H groups in total. The highest BCUT2D eigenvalue weighted by molar-refractivity contribution is 5.98. The molecule has 2 aromatic carbocycles. The monoisotopic (exact) mass is 494 g/mol. The van der Waals surface area contributed by atoms with Gasteiger partial charge in [0, 0.05) is 36.1 Å². The van der Waals surface area contributed by atoms with Crippen molar-refractivity contribution >= 4 is 16.7 Å². The van der Waals surface area contributed by atoms with Gasteiger partial charge >= 0.3 is 0 Å². The van der Waals surface area contributed by atoms with E-state index in [1.807, 2.05) is 49.4 Å². The number of fused-ring (bicyclic) bond motifs is 1. The number of nitrogens with zero attached hydrogens (tertiary/aromatic N) is 4. The van der Waals surface area contributed by atoms with Crippen LogP contribution in [-0.2, 0) is 13.5 Å². The number of pyridine rings is 2. The Morgan fingerprint density at radius 1 is 0.946 bits per heavy atom. The first-order chi connectivity index (χ1) is 17.9. The second kappa shape index (κ2) is 9.73. The maximum absolute atomic E-state index is 13.2. The van der Waals surface area contributed by atoms with Gasteiger partial charge in [-0.2, -0.15) is 0 Å². The van der Waals surface area contributed by atoms with Crippen LogP contribution in [0.3, 0.4) is 0 Å². The summed E-state index contributed by atoms with van der Waals surface area (Å²) < 4.78 is 14.5. The van der Waals surface area contributed by atoms with Gasteiger partial charge in [0.25, 0.3) is 5.56 Å². The third kappa shape index (κ3) is 4.61. The van der Waals surface area contributed by atoms with E-state index >= 15 is 0 Å². The molecule has 37 heavy (non-hydrogen) atoms. The highest BCUT2D eigenvalue weighted by Gasteiger charge is 2.22. The fourth-order valence-corrected chi connectivity index (χ4v) is 4.28. The van der Waals surface area contributed by atoms with Gasteiger partial charge in [-0.25, -0.2) is 4.68 Å². The topological polar surface area (TPSA) is 88.2 Å². The Kier molecular flexibility index (Phi) is 6.31. The number of ether oxygens (including phenoxy) is 2. The van der Waals surface area contributed by atoms with Gasteiger partial charge in [-0.1, -0.05) is 17.7 Å². The normalized spacial score (nSPS) is 11.0. The van der Waals surface area contributed by atoms with Crippen molar-refractivity contribution in [3.63, 3.8) is 0 Å². The van der Waals surface area contributed by atoms with Gasteiger partial charge in [-0.15, -0.1) is 0 Å². The number of ketones is 1. The first-order valence-electron chi connectivity index (χ1n) is 11.8.